The maximum absolute atomic E-state index is 5.49. The molecule has 20 heavy (non-hydrogen) atoms. The number of benzene rings is 2. The lowest BCUT2D eigenvalue weighted by molar-refractivity contribution is 0.174. The molecule has 3 heteroatoms. The van der Waals surface area contributed by atoms with Crippen LogP contribution in [-0.2, 0) is 0 Å². The van der Waals surface area contributed by atoms with E-state index in [1.165, 1.54) is 5.56 Å². The summed E-state index contributed by atoms with van der Waals surface area (Å²) < 4.78 is 16.3. The highest BCUT2D eigenvalue weighted by Gasteiger charge is 2.22. The zero-order valence-corrected chi connectivity index (χ0v) is 11.3. The van der Waals surface area contributed by atoms with Crippen molar-refractivity contribution < 1.29 is 14.2 Å². The molecule has 0 bridgehead atoms. The van der Waals surface area contributed by atoms with Gasteiger partial charge in [0.2, 0.25) is 6.79 Å². The monoisotopic (exact) mass is 268 g/mol. The fourth-order valence-electron chi connectivity index (χ4n) is 2.46. The second kappa shape index (κ2) is 5.29. The number of fused-ring (bicyclic) bond motifs is 1. The summed E-state index contributed by atoms with van der Waals surface area (Å²) in [4.78, 5) is 0. The topological polar surface area (TPSA) is 27.7 Å². The van der Waals surface area contributed by atoms with Gasteiger partial charge in [-0.1, -0.05) is 36.4 Å². The van der Waals surface area contributed by atoms with Gasteiger partial charge in [0.05, 0.1) is 7.11 Å². The van der Waals surface area contributed by atoms with Gasteiger partial charge in [-0.3, -0.25) is 0 Å². The average molecular weight is 268 g/mol. The summed E-state index contributed by atoms with van der Waals surface area (Å²) in [6, 6.07) is 14.0. The molecule has 0 unspecified atom stereocenters. The highest BCUT2D eigenvalue weighted by atomic mass is 16.7. The minimum atomic E-state index is 0.0562. The van der Waals surface area contributed by atoms with Gasteiger partial charge >= 0.3 is 0 Å². The molecule has 3 rings (SSSR count). The maximum atomic E-state index is 5.49. The minimum Gasteiger partial charge on any atom is -0.496 e. The van der Waals surface area contributed by atoms with Crippen molar-refractivity contribution in [2.24, 2.45) is 0 Å². The number of rotatable bonds is 4. The fraction of sp³-hybridized carbons (Fsp3) is 0.176. The second-order valence-electron chi connectivity index (χ2n) is 4.57. The third-order valence-corrected chi connectivity index (χ3v) is 3.45. The van der Waals surface area contributed by atoms with E-state index in [0.29, 0.717) is 0 Å². The first-order chi connectivity index (χ1) is 9.83. The third-order valence-electron chi connectivity index (χ3n) is 3.45. The van der Waals surface area contributed by atoms with Gasteiger partial charge in [-0.15, -0.1) is 6.58 Å². The standard InChI is InChI=1S/C17H16O3/c1-3-13(12-7-5-4-6-8-12)14-9-16-17(20-11-19-16)10-15(14)18-2/h3-10,13H,1,11H2,2H3/t13-/m0/s1. The molecule has 0 aromatic heterocycles. The maximum Gasteiger partial charge on any atom is 0.231 e. The van der Waals surface area contributed by atoms with E-state index in [4.69, 9.17) is 14.2 Å². The van der Waals surface area contributed by atoms with Crippen molar-refractivity contribution in [2.45, 2.75) is 5.92 Å². The van der Waals surface area contributed by atoms with Gasteiger partial charge in [-0.2, -0.15) is 0 Å². The van der Waals surface area contributed by atoms with Crippen LogP contribution >= 0.6 is 0 Å². The van der Waals surface area contributed by atoms with E-state index in [2.05, 4.69) is 18.7 Å². The molecule has 0 saturated heterocycles. The van der Waals surface area contributed by atoms with Crippen LogP contribution in [0.15, 0.2) is 55.1 Å². The van der Waals surface area contributed by atoms with Gasteiger partial charge < -0.3 is 14.2 Å². The first-order valence-electron chi connectivity index (χ1n) is 6.48. The molecule has 0 aliphatic carbocycles. The lowest BCUT2D eigenvalue weighted by atomic mass is 9.90. The summed E-state index contributed by atoms with van der Waals surface area (Å²) in [5, 5.41) is 0. The molecule has 2 aromatic rings. The Labute approximate surface area is 118 Å². The van der Waals surface area contributed by atoms with Gasteiger partial charge in [-0.25, -0.2) is 0 Å². The first-order valence-corrected chi connectivity index (χ1v) is 6.48. The van der Waals surface area contributed by atoms with Crippen LogP contribution in [-0.4, -0.2) is 13.9 Å². The molecule has 1 atom stereocenters. The number of hydrogen-bond donors (Lipinski definition) is 0. The van der Waals surface area contributed by atoms with Crippen LogP contribution in [0.4, 0.5) is 0 Å². The van der Waals surface area contributed by atoms with Crippen molar-refractivity contribution in [3.8, 4) is 17.2 Å². The van der Waals surface area contributed by atoms with Crippen LogP contribution in [0.3, 0.4) is 0 Å². The van der Waals surface area contributed by atoms with Crippen molar-refractivity contribution in [3.05, 3.63) is 66.2 Å². The van der Waals surface area contributed by atoms with Crippen LogP contribution < -0.4 is 14.2 Å². The Morgan fingerprint density at radius 2 is 1.85 bits per heavy atom. The highest BCUT2D eigenvalue weighted by Crippen LogP contribution is 2.42. The van der Waals surface area contributed by atoms with E-state index >= 15 is 0 Å². The summed E-state index contributed by atoms with van der Waals surface area (Å²) in [5.41, 5.74) is 2.19. The molecular formula is C17H16O3. The second-order valence-corrected chi connectivity index (χ2v) is 4.57. The highest BCUT2D eigenvalue weighted by molar-refractivity contribution is 5.55. The summed E-state index contributed by atoms with van der Waals surface area (Å²) in [7, 11) is 1.66. The minimum absolute atomic E-state index is 0.0562. The van der Waals surface area contributed by atoms with Crippen molar-refractivity contribution >= 4 is 0 Å². The number of hydrogen-bond acceptors (Lipinski definition) is 3. The van der Waals surface area contributed by atoms with Crippen LogP contribution in [0.5, 0.6) is 17.2 Å². The van der Waals surface area contributed by atoms with Crippen molar-refractivity contribution in [1.29, 1.82) is 0 Å². The Bertz CT molecular complexity index is 620. The molecule has 0 fully saturated rings. The van der Waals surface area contributed by atoms with E-state index < -0.39 is 0 Å². The Kier molecular flexibility index (Phi) is 3.33. The first kappa shape index (κ1) is 12.6. The Morgan fingerprint density at radius 3 is 2.50 bits per heavy atom. The van der Waals surface area contributed by atoms with Gasteiger partial charge in [0.25, 0.3) is 0 Å². The van der Waals surface area contributed by atoms with E-state index in [0.717, 1.165) is 22.8 Å². The smallest absolute Gasteiger partial charge is 0.231 e. The summed E-state index contributed by atoms with van der Waals surface area (Å²) in [5.74, 6) is 2.31. The van der Waals surface area contributed by atoms with Gasteiger partial charge in [0, 0.05) is 17.5 Å². The predicted molar refractivity (Wildman–Crippen MR) is 77.6 cm³/mol. The SMILES string of the molecule is C=C[C@@H](c1ccccc1)c1cc2c(cc1OC)OCO2. The average Bonchev–Trinajstić information content (AvgIpc) is 2.95. The number of methoxy groups -OCH3 is 1. The van der Waals surface area contributed by atoms with Gasteiger partial charge in [0.15, 0.2) is 11.5 Å². The Morgan fingerprint density at radius 1 is 1.15 bits per heavy atom. The molecule has 1 aliphatic rings. The zero-order valence-electron chi connectivity index (χ0n) is 11.3. The molecule has 0 amide bonds. The van der Waals surface area contributed by atoms with Crippen LogP contribution in [0.25, 0.3) is 0 Å². The molecule has 1 heterocycles. The molecule has 0 N–H and O–H groups in total. The predicted octanol–water partition coefficient (Wildman–Crippen LogP) is 3.74. The summed E-state index contributed by atoms with van der Waals surface area (Å²) in [6.07, 6.45) is 1.91. The molecule has 0 radical (unpaired) electrons. The van der Waals surface area contributed by atoms with Crippen LogP contribution in [0, 0.1) is 0 Å². The lowest BCUT2D eigenvalue weighted by Crippen LogP contribution is -2.00. The number of allylic oxidation sites excluding steroid dienone is 1. The summed E-state index contributed by atoms with van der Waals surface area (Å²) >= 11 is 0. The van der Waals surface area contributed by atoms with Crippen LogP contribution in [0.2, 0.25) is 0 Å². The summed E-state index contributed by atoms with van der Waals surface area (Å²) in [6.45, 7) is 4.21. The van der Waals surface area contributed by atoms with Crippen molar-refractivity contribution in [2.75, 3.05) is 13.9 Å². The molecule has 1 aliphatic heterocycles. The van der Waals surface area contributed by atoms with Gasteiger partial charge in [-0.05, 0) is 11.6 Å². The molecule has 102 valence electrons. The zero-order chi connectivity index (χ0) is 13.9. The largest absolute Gasteiger partial charge is 0.496 e. The molecule has 2 aromatic carbocycles. The molecule has 3 nitrogen and oxygen atoms in total. The van der Waals surface area contributed by atoms with E-state index in [1.54, 1.807) is 7.11 Å². The normalized spacial score (nSPS) is 13.8. The van der Waals surface area contributed by atoms with Crippen molar-refractivity contribution in [1.82, 2.24) is 0 Å². The number of ether oxygens (including phenoxy) is 3. The van der Waals surface area contributed by atoms with E-state index in [-0.39, 0.29) is 12.7 Å². The Balaban J connectivity index is 2.10. The van der Waals surface area contributed by atoms with E-state index in [1.807, 2.05) is 36.4 Å². The quantitative estimate of drug-likeness (QED) is 0.790. The molecular weight excluding hydrogens is 252 g/mol. The Hall–Kier alpha value is -2.42. The molecule has 0 spiro atoms. The third kappa shape index (κ3) is 2.11. The van der Waals surface area contributed by atoms with E-state index in [9.17, 15) is 0 Å². The van der Waals surface area contributed by atoms with Crippen molar-refractivity contribution in [3.63, 3.8) is 0 Å². The van der Waals surface area contributed by atoms with Crippen LogP contribution in [0.1, 0.15) is 17.0 Å². The van der Waals surface area contributed by atoms with Gasteiger partial charge in [0.1, 0.15) is 5.75 Å². The lowest BCUT2D eigenvalue weighted by Gasteiger charge is -2.17. The fourth-order valence-corrected chi connectivity index (χ4v) is 2.46. The molecule has 0 saturated carbocycles.